The molecule has 7 heteroatoms. The minimum absolute atomic E-state index is 0.137. The van der Waals surface area contributed by atoms with Gasteiger partial charge in [0.05, 0.1) is 0 Å². The van der Waals surface area contributed by atoms with Gasteiger partial charge >= 0.3 is 0 Å². The van der Waals surface area contributed by atoms with Crippen molar-refractivity contribution < 1.29 is 18.5 Å². The molecular formula is C21H19N3O4. The molecule has 7 nitrogen and oxygen atoms in total. The molecule has 4 rings (SSSR count). The molecule has 2 aromatic heterocycles. The number of hydrogen-bond acceptors (Lipinski definition) is 5. The van der Waals surface area contributed by atoms with Crippen LogP contribution in [0.15, 0.2) is 51.4 Å². The Bertz CT molecular complexity index is 1210. The Morgan fingerprint density at radius 1 is 1.11 bits per heavy atom. The topological polar surface area (TPSA) is 88.6 Å². The molecule has 0 aliphatic rings. The van der Waals surface area contributed by atoms with E-state index in [9.17, 15) is 9.59 Å². The second-order valence-corrected chi connectivity index (χ2v) is 6.75. The Kier molecular flexibility index (Phi) is 4.35. The first-order chi connectivity index (χ1) is 13.4. The number of hydrogen-bond donors (Lipinski definition) is 1. The fraction of sp³-hybridized carbons (Fsp3) is 0.190. The lowest BCUT2D eigenvalue weighted by atomic mass is 10.1. The minimum Gasteiger partial charge on any atom is -0.450 e. The molecule has 142 valence electrons. The number of anilines is 1. The Balaban J connectivity index is 1.58. The van der Waals surface area contributed by atoms with Crippen LogP contribution in [0.2, 0.25) is 0 Å². The zero-order chi connectivity index (χ0) is 19.8. The average molecular weight is 377 g/mol. The van der Waals surface area contributed by atoms with Crippen molar-refractivity contribution in [1.82, 2.24) is 10.1 Å². The molecule has 1 N–H and O–H groups in total. The summed E-state index contributed by atoms with van der Waals surface area (Å²) >= 11 is 0. The number of benzene rings is 2. The Hall–Kier alpha value is -3.61. The number of carbonyl (C=O) groups excluding carboxylic acids is 2. The molecule has 0 aliphatic heterocycles. The molecule has 0 saturated carbocycles. The maximum atomic E-state index is 12.9. The van der Waals surface area contributed by atoms with E-state index in [1.807, 2.05) is 43.3 Å². The van der Waals surface area contributed by atoms with Gasteiger partial charge in [-0.2, -0.15) is 0 Å². The van der Waals surface area contributed by atoms with Crippen LogP contribution in [-0.4, -0.2) is 35.5 Å². The number of likely N-dealkylation sites (N-methyl/N-ethyl adjacent to an activating group) is 1. The van der Waals surface area contributed by atoms with Gasteiger partial charge in [-0.1, -0.05) is 41.6 Å². The second-order valence-electron chi connectivity index (χ2n) is 6.75. The van der Waals surface area contributed by atoms with E-state index >= 15 is 0 Å². The zero-order valence-corrected chi connectivity index (χ0v) is 15.8. The number of amides is 2. The Labute approximate surface area is 160 Å². The summed E-state index contributed by atoms with van der Waals surface area (Å²) in [5.74, 6) is 0.408. The SMILES string of the molecule is Cc1cc(NC(=O)CN(C)C(=O)c2oc3c(ccc4ccccc43)c2C)no1. The number of aryl methyl sites for hydroxylation is 2. The number of nitrogens with one attached hydrogen (secondary N) is 1. The van der Waals surface area contributed by atoms with Gasteiger partial charge in [0.2, 0.25) is 5.91 Å². The number of furan rings is 1. The van der Waals surface area contributed by atoms with Crippen molar-refractivity contribution in [2.75, 3.05) is 18.9 Å². The number of rotatable bonds is 4. The molecule has 0 saturated heterocycles. The van der Waals surface area contributed by atoms with Gasteiger partial charge in [-0.05, 0) is 19.2 Å². The maximum absolute atomic E-state index is 12.9. The first-order valence-electron chi connectivity index (χ1n) is 8.83. The first-order valence-corrected chi connectivity index (χ1v) is 8.83. The van der Waals surface area contributed by atoms with Crippen LogP contribution >= 0.6 is 0 Å². The number of carbonyl (C=O) groups is 2. The van der Waals surface area contributed by atoms with Gasteiger partial charge < -0.3 is 19.2 Å². The van der Waals surface area contributed by atoms with E-state index in [-0.39, 0.29) is 24.1 Å². The highest BCUT2D eigenvalue weighted by atomic mass is 16.5. The molecule has 0 radical (unpaired) electrons. The summed E-state index contributed by atoms with van der Waals surface area (Å²) in [5, 5.41) is 9.18. The number of aromatic nitrogens is 1. The van der Waals surface area contributed by atoms with Crippen molar-refractivity contribution in [1.29, 1.82) is 0 Å². The standard InChI is InChI=1S/C21H19N3O4/c1-12-10-17(23-28-12)22-18(25)11-24(3)21(26)19-13(2)15-9-8-14-6-4-5-7-16(14)20(15)27-19/h4-10H,11H2,1-3H3,(H,22,23,25). The fourth-order valence-corrected chi connectivity index (χ4v) is 3.22. The number of fused-ring (bicyclic) bond motifs is 3. The van der Waals surface area contributed by atoms with Gasteiger partial charge in [0.1, 0.15) is 17.9 Å². The molecular weight excluding hydrogens is 358 g/mol. The third kappa shape index (κ3) is 3.11. The van der Waals surface area contributed by atoms with E-state index < -0.39 is 0 Å². The highest BCUT2D eigenvalue weighted by molar-refractivity contribution is 6.09. The fourth-order valence-electron chi connectivity index (χ4n) is 3.22. The molecule has 0 aliphatic carbocycles. The summed E-state index contributed by atoms with van der Waals surface area (Å²) in [6.45, 7) is 3.44. The maximum Gasteiger partial charge on any atom is 0.290 e. The lowest BCUT2D eigenvalue weighted by Crippen LogP contribution is -2.35. The molecule has 2 heterocycles. The molecule has 0 atom stereocenters. The van der Waals surface area contributed by atoms with Gasteiger partial charge in [-0.3, -0.25) is 9.59 Å². The quantitative estimate of drug-likeness (QED) is 0.583. The summed E-state index contributed by atoms with van der Waals surface area (Å²) in [7, 11) is 1.56. The average Bonchev–Trinajstić information content (AvgIpc) is 3.24. The molecule has 0 unspecified atom stereocenters. The van der Waals surface area contributed by atoms with Gasteiger partial charge in [-0.25, -0.2) is 0 Å². The van der Waals surface area contributed by atoms with E-state index in [0.717, 1.165) is 21.7 Å². The summed E-state index contributed by atoms with van der Waals surface area (Å²) in [4.78, 5) is 26.4. The molecule has 28 heavy (non-hydrogen) atoms. The molecule has 0 bridgehead atoms. The third-order valence-corrected chi connectivity index (χ3v) is 4.65. The van der Waals surface area contributed by atoms with E-state index in [0.29, 0.717) is 17.2 Å². The monoisotopic (exact) mass is 377 g/mol. The molecule has 0 fully saturated rings. The van der Waals surface area contributed by atoms with E-state index in [4.69, 9.17) is 8.94 Å². The Morgan fingerprint density at radius 2 is 1.89 bits per heavy atom. The van der Waals surface area contributed by atoms with Crippen LogP contribution in [0.5, 0.6) is 0 Å². The number of nitrogens with zero attached hydrogens (tertiary/aromatic N) is 2. The van der Waals surface area contributed by atoms with Crippen molar-refractivity contribution >= 4 is 39.4 Å². The van der Waals surface area contributed by atoms with E-state index in [1.165, 1.54) is 4.90 Å². The molecule has 4 aromatic rings. The van der Waals surface area contributed by atoms with Gasteiger partial charge in [0, 0.05) is 29.4 Å². The van der Waals surface area contributed by atoms with Crippen LogP contribution < -0.4 is 5.32 Å². The van der Waals surface area contributed by atoms with E-state index in [2.05, 4.69) is 10.5 Å². The van der Waals surface area contributed by atoms with Crippen molar-refractivity contribution in [3.05, 3.63) is 59.5 Å². The van der Waals surface area contributed by atoms with Crippen molar-refractivity contribution in [3.63, 3.8) is 0 Å². The van der Waals surface area contributed by atoms with Crippen LogP contribution in [0.25, 0.3) is 21.7 Å². The predicted octanol–water partition coefficient (Wildman–Crippen LogP) is 3.90. The molecule has 2 amide bonds. The smallest absolute Gasteiger partial charge is 0.290 e. The van der Waals surface area contributed by atoms with Gasteiger partial charge in [-0.15, -0.1) is 0 Å². The second kappa shape index (κ2) is 6.84. The normalized spacial score (nSPS) is 11.1. The lowest BCUT2D eigenvalue weighted by Gasteiger charge is -2.15. The third-order valence-electron chi connectivity index (χ3n) is 4.65. The first kappa shape index (κ1) is 17.8. The molecule has 2 aromatic carbocycles. The molecule has 0 spiro atoms. The summed E-state index contributed by atoms with van der Waals surface area (Å²) in [6, 6.07) is 13.4. The van der Waals surface area contributed by atoms with Crippen molar-refractivity contribution in [3.8, 4) is 0 Å². The van der Waals surface area contributed by atoms with Crippen molar-refractivity contribution in [2.24, 2.45) is 0 Å². The van der Waals surface area contributed by atoms with E-state index in [1.54, 1.807) is 20.0 Å². The lowest BCUT2D eigenvalue weighted by molar-refractivity contribution is -0.116. The van der Waals surface area contributed by atoms with Crippen LogP contribution in [0.1, 0.15) is 21.9 Å². The summed E-state index contributed by atoms with van der Waals surface area (Å²) in [5.41, 5.74) is 1.43. The summed E-state index contributed by atoms with van der Waals surface area (Å²) in [6.07, 6.45) is 0. The minimum atomic E-state index is -0.372. The van der Waals surface area contributed by atoms with Crippen LogP contribution in [0, 0.1) is 13.8 Å². The predicted molar refractivity (Wildman–Crippen MR) is 105 cm³/mol. The van der Waals surface area contributed by atoms with Crippen LogP contribution in [0.4, 0.5) is 5.82 Å². The Morgan fingerprint density at radius 3 is 2.64 bits per heavy atom. The van der Waals surface area contributed by atoms with Crippen molar-refractivity contribution in [2.45, 2.75) is 13.8 Å². The van der Waals surface area contributed by atoms with Gasteiger partial charge in [0.15, 0.2) is 11.6 Å². The highest BCUT2D eigenvalue weighted by Crippen LogP contribution is 2.32. The highest BCUT2D eigenvalue weighted by Gasteiger charge is 2.23. The largest absolute Gasteiger partial charge is 0.450 e. The van der Waals surface area contributed by atoms with Crippen LogP contribution in [-0.2, 0) is 4.79 Å². The van der Waals surface area contributed by atoms with Gasteiger partial charge in [0.25, 0.3) is 5.91 Å². The zero-order valence-electron chi connectivity index (χ0n) is 15.8. The summed E-state index contributed by atoms with van der Waals surface area (Å²) < 4.78 is 10.9. The van der Waals surface area contributed by atoms with Crippen LogP contribution in [0.3, 0.4) is 0 Å².